The van der Waals surface area contributed by atoms with Gasteiger partial charge in [0, 0.05) is 6.26 Å². The summed E-state index contributed by atoms with van der Waals surface area (Å²) in [4.78, 5) is 0. The molecule has 0 aliphatic heterocycles. The van der Waals surface area contributed by atoms with Gasteiger partial charge in [-0.2, -0.15) is 0 Å². The fourth-order valence-electron chi connectivity index (χ4n) is 1.16. The van der Waals surface area contributed by atoms with Crippen LogP contribution < -0.4 is 0 Å². The van der Waals surface area contributed by atoms with Crippen LogP contribution in [0.15, 0.2) is 30.3 Å². The van der Waals surface area contributed by atoms with Gasteiger partial charge in [-0.3, -0.25) is 0 Å². The Labute approximate surface area is 84.3 Å². The summed E-state index contributed by atoms with van der Waals surface area (Å²) < 4.78 is 22.4. The van der Waals surface area contributed by atoms with Crippen molar-refractivity contribution in [2.45, 2.75) is 18.3 Å². The zero-order valence-electron chi connectivity index (χ0n) is 8.21. The molecule has 0 amide bonds. The SMILES string of the molecule is C[C@H]([C@@H](O)c1ccccc1)S(C)(=O)=O. The number of sulfone groups is 1. The smallest absolute Gasteiger partial charge is 0.152 e. The number of benzene rings is 1. The molecule has 0 saturated carbocycles. The van der Waals surface area contributed by atoms with Gasteiger partial charge in [0.15, 0.2) is 9.84 Å². The molecule has 0 aromatic heterocycles. The van der Waals surface area contributed by atoms with Crippen molar-refractivity contribution in [1.82, 2.24) is 0 Å². The molecule has 0 aliphatic carbocycles. The number of rotatable bonds is 3. The Bertz CT molecular complexity index is 383. The molecule has 0 radical (unpaired) electrons. The van der Waals surface area contributed by atoms with Crippen molar-refractivity contribution in [3.05, 3.63) is 35.9 Å². The Balaban J connectivity index is 2.92. The van der Waals surface area contributed by atoms with Crippen LogP contribution in [0.3, 0.4) is 0 Å². The van der Waals surface area contributed by atoms with Gasteiger partial charge in [0.1, 0.15) is 0 Å². The van der Waals surface area contributed by atoms with Crippen LogP contribution in [-0.2, 0) is 9.84 Å². The van der Waals surface area contributed by atoms with E-state index in [-0.39, 0.29) is 0 Å². The molecular formula is C10H14O3S. The molecule has 1 rings (SSSR count). The first-order chi connectivity index (χ1) is 6.43. The molecule has 14 heavy (non-hydrogen) atoms. The lowest BCUT2D eigenvalue weighted by molar-refractivity contribution is 0.176. The van der Waals surface area contributed by atoms with Crippen molar-refractivity contribution in [2.75, 3.05) is 6.26 Å². The van der Waals surface area contributed by atoms with E-state index in [0.29, 0.717) is 5.56 Å². The van der Waals surface area contributed by atoms with Crippen LogP contribution in [-0.4, -0.2) is 25.0 Å². The quantitative estimate of drug-likeness (QED) is 0.821. The molecule has 0 fully saturated rings. The summed E-state index contributed by atoms with van der Waals surface area (Å²) in [5.41, 5.74) is 0.630. The Hall–Kier alpha value is -0.870. The number of aliphatic hydroxyl groups is 1. The second kappa shape index (κ2) is 4.11. The van der Waals surface area contributed by atoms with Crippen molar-refractivity contribution in [3.8, 4) is 0 Å². The zero-order valence-corrected chi connectivity index (χ0v) is 9.03. The summed E-state index contributed by atoms with van der Waals surface area (Å²) in [6, 6.07) is 8.79. The van der Waals surface area contributed by atoms with E-state index in [9.17, 15) is 13.5 Å². The lowest BCUT2D eigenvalue weighted by Gasteiger charge is -2.17. The Kier molecular flexibility index (Phi) is 3.29. The van der Waals surface area contributed by atoms with Crippen LogP contribution in [0, 0.1) is 0 Å². The first kappa shape index (κ1) is 11.2. The maximum atomic E-state index is 11.2. The third-order valence-electron chi connectivity index (χ3n) is 2.26. The van der Waals surface area contributed by atoms with E-state index in [1.807, 2.05) is 6.07 Å². The standard InChI is InChI=1S/C10H14O3S/c1-8(14(2,12)13)10(11)9-6-4-3-5-7-9/h3-8,10-11H,1-2H3/t8-,10-/m1/s1. The van der Waals surface area contributed by atoms with Crippen molar-refractivity contribution < 1.29 is 13.5 Å². The molecule has 0 saturated heterocycles. The second-order valence-corrected chi connectivity index (χ2v) is 5.79. The van der Waals surface area contributed by atoms with E-state index in [1.54, 1.807) is 24.3 Å². The fourth-order valence-corrected chi connectivity index (χ4v) is 1.78. The summed E-state index contributed by atoms with van der Waals surface area (Å²) in [6.07, 6.45) is 0.176. The number of hydrogen-bond acceptors (Lipinski definition) is 3. The maximum Gasteiger partial charge on any atom is 0.152 e. The Morgan fingerprint density at radius 1 is 1.21 bits per heavy atom. The molecule has 1 N–H and O–H groups in total. The molecule has 0 bridgehead atoms. The molecule has 4 heteroatoms. The fraction of sp³-hybridized carbons (Fsp3) is 0.400. The van der Waals surface area contributed by atoms with E-state index >= 15 is 0 Å². The molecule has 0 aliphatic rings. The van der Waals surface area contributed by atoms with E-state index < -0.39 is 21.2 Å². The predicted molar refractivity (Wildman–Crippen MR) is 55.7 cm³/mol. The molecule has 1 aromatic rings. The van der Waals surface area contributed by atoms with Crippen molar-refractivity contribution in [1.29, 1.82) is 0 Å². The summed E-state index contributed by atoms with van der Waals surface area (Å²) in [5.74, 6) is 0. The highest BCUT2D eigenvalue weighted by molar-refractivity contribution is 7.91. The van der Waals surface area contributed by atoms with E-state index in [0.717, 1.165) is 6.26 Å². The van der Waals surface area contributed by atoms with Crippen molar-refractivity contribution in [2.24, 2.45) is 0 Å². The average molecular weight is 214 g/mol. The average Bonchev–Trinajstić information content (AvgIpc) is 2.15. The molecule has 0 unspecified atom stereocenters. The van der Waals surface area contributed by atoms with Gasteiger partial charge in [0.25, 0.3) is 0 Å². The first-order valence-corrected chi connectivity index (χ1v) is 6.30. The van der Waals surface area contributed by atoms with Crippen molar-refractivity contribution >= 4 is 9.84 Å². The molecule has 0 heterocycles. The second-order valence-electron chi connectivity index (χ2n) is 3.39. The Morgan fingerprint density at radius 2 is 1.71 bits per heavy atom. The summed E-state index contributed by atoms with van der Waals surface area (Å²) in [6.45, 7) is 1.51. The lowest BCUT2D eigenvalue weighted by atomic mass is 10.1. The van der Waals surface area contributed by atoms with Gasteiger partial charge in [-0.25, -0.2) is 8.42 Å². The van der Waals surface area contributed by atoms with Gasteiger partial charge >= 0.3 is 0 Å². The van der Waals surface area contributed by atoms with E-state index in [1.165, 1.54) is 6.92 Å². The van der Waals surface area contributed by atoms with Gasteiger partial charge in [-0.15, -0.1) is 0 Å². The van der Waals surface area contributed by atoms with Gasteiger partial charge in [0.05, 0.1) is 11.4 Å². The minimum Gasteiger partial charge on any atom is -0.387 e. The summed E-state index contributed by atoms with van der Waals surface area (Å²) >= 11 is 0. The van der Waals surface area contributed by atoms with E-state index in [2.05, 4.69) is 0 Å². The van der Waals surface area contributed by atoms with Crippen molar-refractivity contribution in [3.63, 3.8) is 0 Å². The zero-order chi connectivity index (χ0) is 10.8. The highest BCUT2D eigenvalue weighted by atomic mass is 32.2. The van der Waals surface area contributed by atoms with Crippen LogP contribution in [0.25, 0.3) is 0 Å². The first-order valence-electron chi connectivity index (χ1n) is 4.35. The molecule has 0 spiro atoms. The molecular weight excluding hydrogens is 200 g/mol. The third-order valence-corrected chi connectivity index (χ3v) is 3.87. The van der Waals surface area contributed by atoms with Gasteiger partial charge in [-0.05, 0) is 12.5 Å². The highest BCUT2D eigenvalue weighted by Crippen LogP contribution is 2.20. The van der Waals surface area contributed by atoms with E-state index in [4.69, 9.17) is 0 Å². The monoisotopic (exact) mass is 214 g/mol. The van der Waals surface area contributed by atoms with Crippen LogP contribution in [0.4, 0.5) is 0 Å². The molecule has 78 valence electrons. The van der Waals surface area contributed by atoms with Gasteiger partial charge < -0.3 is 5.11 Å². The topological polar surface area (TPSA) is 54.4 Å². The predicted octanol–water partition coefficient (Wildman–Crippen LogP) is 1.15. The Morgan fingerprint density at radius 3 is 2.14 bits per heavy atom. The molecule has 3 nitrogen and oxygen atoms in total. The minimum absolute atomic E-state index is 0.630. The summed E-state index contributed by atoms with van der Waals surface area (Å²) in [5, 5.41) is 8.97. The number of aliphatic hydroxyl groups excluding tert-OH is 1. The van der Waals surface area contributed by atoms with Gasteiger partial charge in [-0.1, -0.05) is 30.3 Å². The van der Waals surface area contributed by atoms with Crippen LogP contribution in [0.2, 0.25) is 0 Å². The van der Waals surface area contributed by atoms with Crippen LogP contribution in [0.5, 0.6) is 0 Å². The molecule has 2 atom stereocenters. The third kappa shape index (κ3) is 2.56. The maximum absolute atomic E-state index is 11.2. The lowest BCUT2D eigenvalue weighted by Crippen LogP contribution is -2.24. The van der Waals surface area contributed by atoms with Crippen LogP contribution >= 0.6 is 0 Å². The largest absolute Gasteiger partial charge is 0.387 e. The summed E-state index contributed by atoms with van der Waals surface area (Å²) in [7, 11) is -3.20. The van der Waals surface area contributed by atoms with Gasteiger partial charge in [0.2, 0.25) is 0 Å². The minimum atomic E-state index is -3.20. The van der Waals surface area contributed by atoms with Crippen LogP contribution in [0.1, 0.15) is 18.6 Å². The molecule has 1 aromatic carbocycles. The highest BCUT2D eigenvalue weighted by Gasteiger charge is 2.24. The normalized spacial score (nSPS) is 16.2. The number of hydrogen-bond donors (Lipinski definition) is 1.